The molecule has 0 saturated carbocycles. The molecule has 2 aromatic rings. The van der Waals surface area contributed by atoms with Gasteiger partial charge in [-0.15, -0.1) is 0 Å². The maximum atomic E-state index is 13.3. The van der Waals surface area contributed by atoms with Crippen LogP contribution in [-0.4, -0.2) is 30.2 Å². The maximum Gasteiger partial charge on any atom is 0.174 e. The van der Waals surface area contributed by atoms with E-state index in [9.17, 15) is 15.0 Å². The zero-order valence-electron chi connectivity index (χ0n) is 20.1. The molecule has 0 fully saturated rings. The first-order valence-corrected chi connectivity index (χ1v) is 11.0. The number of ether oxygens (including phenoxy) is 3. The van der Waals surface area contributed by atoms with Gasteiger partial charge in [-0.3, -0.25) is 4.79 Å². The molecular formula is C27H32O6. The molecule has 0 saturated heterocycles. The van der Waals surface area contributed by atoms with Crippen molar-refractivity contribution in [1.82, 2.24) is 0 Å². The minimum Gasteiger partial charge on any atom is -0.507 e. The van der Waals surface area contributed by atoms with E-state index >= 15 is 0 Å². The summed E-state index contributed by atoms with van der Waals surface area (Å²) in [4.78, 5) is 13.3. The summed E-state index contributed by atoms with van der Waals surface area (Å²) in [6.45, 7) is 7.97. The lowest BCUT2D eigenvalue weighted by Crippen LogP contribution is -2.22. The van der Waals surface area contributed by atoms with Gasteiger partial charge in [0.1, 0.15) is 28.9 Å². The van der Waals surface area contributed by atoms with Crippen LogP contribution in [0.25, 0.3) is 0 Å². The Morgan fingerprint density at radius 3 is 2.24 bits per heavy atom. The topological polar surface area (TPSA) is 85.2 Å². The van der Waals surface area contributed by atoms with Gasteiger partial charge < -0.3 is 24.4 Å². The first-order chi connectivity index (χ1) is 15.7. The Balaban J connectivity index is 2.20. The van der Waals surface area contributed by atoms with E-state index in [4.69, 9.17) is 14.2 Å². The average molecular weight is 453 g/mol. The average Bonchev–Trinajstić information content (AvgIpc) is 2.76. The molecular weight excluding hydrogens is 420 g/mol. The number of Topliss-reactive ketones (excluding diaryl/α,β-unsaturated/α-hetero) is 1. The van der Waals surface area contributed by atoms with Crippen molar-refractivity contribution >= 4 is 5.78 Å². The minimum absolute atomic E-state index is 0.0104. The molecule has 0 unspecified atom stereocenters. The van der Waals surface area contributed by atoms with Crippen LogP contribution in [-0.2, 0) is 12.8 Å². The summed E-state index contributed by atoms with van der Waals surface area (Å²) >= 11 is 0. The fourth-order valence-corrected chi connectivity index (χ4v) is 3.96. The molecule has 6 nitrogen and oxygen atoms in total. The second-order valence-electron chi connectivity index (χ2n) is 8.68. The molecule has 2 aromatic carbocycles. The van der Waals surface area contributed by atoms with E-state index in [1.54, 1.807) is 19.2 Å². The molecule has 1 heterocycles. The van der Waals surface area contributed by atoms with Crippen LogP contribution in [0.3, 0.4) is 0 Å². The SMILES string of the molecule is COc1cc([C@@H]2CC(=O)c3c(O)c(CC=C(C)C)c(OC)c(CC=C(C)C)c3O2)ccc1O. The van der Waals surface area contributed by atoms with Crippen LogP contribution in [0.1, 0.15) is 67.3 Å². The molecule has 6 heteroatoms. The van der Waals surface area contributed by atoms with Crippen LogP contribution in [0, 0.1) is 0 Å². The van der Waals surface area contributed by atoms with E-state index < -0.39 is 6.10 Å². The normalized spacial score (nSPS) is 14.7. The number of aromatic hydroxyl groups is 2. The third kappa shape index (κ3) is 5.00. The second kappa shape index (κ2) is 10.0. The van der Waals surface area contributed by atoms with Crippen molar-refractivity contribution < 1.29 is 29.2 Å². The molecule has 3 rings (SSSR count). The highest BCUT2D eigenvalue weighted by Gasteiger charge is 2.36. The largest absolute Gasteiger partial charge is 0.507 e. The molecule has 176 valence electrons. The number of phenolic OH excluding ortho intramolecular Hbond substituents is 2. The first kappa shape index (κ1) is 24.2. The van der Waals surface area contributed by atoms with Crippen LogP contribution in [0.5, 0.6) is 28.7 Å². The Bertz CT molecular complexity index is 1120. The standard InChI is InChI=1S/C27H32O6/c1-15(2)7-10-18-25(30)24-21(29)14-22(17-9-12-20(28)23(13-17)31-5)33-27(24)19(26(18)32-6)11-8-16(3)4/h7-9,12-13,22,28,30H,10-11,14H2,1-6H3/t22-/m0/s1. The molecule has 1 aliphatic rings. The summed E-state index contributed by atoms with van der Waals surface area (Å²) in [7, 11) is 3.03. The molecule has 1 atom stereocenters. The summed E-state index contributed by atoms with van der Waals surface area (Å²) in [6, 6.07) is 4.88. The smallest absolute Gasteiger partial charge is 0.174 e. The van der Waals surface area contributed by atoms with Gasteiger partial charge in [0.25, 0.3) is 0 Å². The number of hydrogen-bond acceptors (Lipinski definition) is 6. The minimum atomic E-state index is -0.585. The molecule has 0 radical (unpaired) electrons. The lowest BCUT2D eigenvalue weighted by atomic mass is 9.89. The van der Waals surface area contributed by atoms with Crippen LogP contribution in [0.4, 0.5) is 0 Å². The second-order valence-corrected chi connectivity index (χ2v) is 8.68. The van der Waals surface area contributed by atoms with Crippen LogP contribution < -0.4 is 14.2 Å². The molecule has 2 N–H and O–H groups in total. The number of fused-ring (bicyclic) bond motifs is 1. The molecule has 0 spiro atoms. The number of phenols is 2. The van der Waals surface area contributed by atoms with Gasteiger partial charge >= 0.3 is 0 Å². The number of ketones is 1. The van der Waals surface area contributed by atoms with Crippen molar-refractivity contribution in [2.24, 2.45) is 0 Å². The molecule has 33 heavy (non-hydrogen) atoms. The monoisotopic (exact) mass is 452 g/mol. The zero-order chi connectivity index (χ0) is 24.3. The Morgan fingerprint density at radius 2 is 1.67 bits per heavy atom. The lowest BCUT2D eigenvalue weighted by Gasteiger charge is -2.30. The molecule has 0 aromatic heterocycles. The predicted molar refractivity (Wildman–Crippen MR) is 128 cm³/mol. The molecule has 0 aliphatic carbocycles. The first-order valence-electron chi connectivity index (χ1n) is 11.0. The van der Waals surface area contributed by atoms with Crippen LogP contribution in [0.15, 0.2) is 41.5 Å². The third-order valence-electron chi connectivity index (χ3n) is 5.69. The van der Waals surface area contributed by atoms with Gasteiger partial charge in [-0.1, -0.05) is 29.4 Å². The number of allylic oxidation sites excluding steroid dienone is 4. The van der Waals surface area contributed by atoms with Crippen molar-refractivity contribution in [3.8, 4) is 28.7 Å². The molecule has 0 amide bonds. The number of methoxy groups -OCH3 is 2. The molecule has 0 bridgehead atoms. The third-order valence-corrected chi connectivity index (χ3v) is 5.69. The summed E-state index contributed by atoms with van der Waals surface area (Å²) in [5.41, 5.74) is 4.43. The molecule has 1 aliphatic heterocycles. The van der Waals surface area contributed by atoms with Crippen molar-refractivity contribution in [2.75, 3.05) is 14.2 Å². The van der Waals surface area contributed by atoms with Crippen molar-refractivity contribution in [3.63, 3.8) is 0 Å². The van der Waals surface area contributed by atoms with E-state index in [2.05, 4.69) is 0 Å². The van der Waals surface area contributed by atoms with Crippen molar-refractivity contribution in [2.45, 2.75) is 53.1 Å². The number of hydrogen-bond donors (Lipinski definition) is 2. The summed E-state index contributed by atoms with van der Waals surface area (Å²) < 4.78 is 17.3. The van der Waals surface area contributed by atoms with Gasteiger partial charge in [0.2, 0.25) is 0 Å². The number of rotatable bonds is 7. The Morgan fingerprint density at radius 1 is 1.03 bits per heavy atom. The van der Waals surface area contributed by atoms with E-state index in [1.807, 2.05) is 39.8 Å². The fraction of sp³-hybridized carbons (Fsp3) is 0.370. The highest BCUT2D eigenvalue weighted by molar-refractivity contribution is 6.04. The fourth-order valence-electron chi connectivity index (χ4n) is 3.96. The zero-order valence-corrected chi connectivity index (χ0v) is 20.1. The lowest BCUT2D eigenvalue weighted by molar-refractivity contribution is 0.0841. The van der Waals surface area contributed by atoms with Crippen molar-refractivity contribution in [3.05, 3.63) is 63.8 Å². The quantitative estimate of drug-likeness (QED) is 0.514. The van der Waals surface area contributed by atoms with Gasteiger partial charge in [0.05, 0.1) is 20.6 Å². The Labute approximate surface area is 195 Å². The highest BCUT2D eigenvalue weighted by Crippen LogP contribution is 2.49. The summed E-state index contributed by atoms with van der Waals surface area (Å²) in [5.74, 6) is 0.888. The number of carbonyl (C=O) groups excluding carboxylic acids is 1. The van der Waals surface area contributed by atoms with E-state index in [0.717, 1.165) is 16.7 Å². The number of carbonyl (C=O) groups is 1. The van der Waals surface area contributed by atoms with Gasteiger partial charge in [0, 0.05) is 11.1 Å². The van der Waals surface area contributed by atoms with Gasteiger partial charge in [-0.25, -0.2) is 0 Å². The van der Waals surface area contributed by atoms with Gasteiger partial charge in [-0.05, 0) is 58.2 Å². The predicted octanol–water partition coefficient (Wildman–Crippen LogP) is 5.84. The van der Waals surface area contributed by atoms with Crippen LogP contribution >= 0.6 is 0 Å². The number of benzene rings is 2. The van der Waals surface area contributed by atoms with E-state index in [1.165, 1.54) is 13.2 Å². The van der Waals surface area contributed by atoms with Gasteiger partial charge in [0.15, 0.2) is 17.3 Å². The Hall–Kier alpha value is -3.41. The maximum absolute atomic E-state index is 13.3. The summed E-state index contributed by atoms with van der Waals surface area (Å²) in [5, 5.41) is 21.1. The summed E-state index contributed by atoms with van der Waals surface area (Å²) in [6.07, 6.45) is 4.45. The van der Waals surface area contributed by atoms with Crippen molar-refractivity contribution in [1.29, 1.82) is 0 Å². The van der Waals surface area contributed by atoms with E-state index in [-0.39, 0.29) is 29.3 Å². The highest BCUT2D eigenvalue weighted by atomic mass is 16.5. The van der Waals surface area contributed by atoms with Crippen LogP contribution in [0.2, 0.25) is 0 Å². The van der Waals surface area contributed by atoms with E-state index in [0.29, 0.717) is 41.2 Å². The van der Waals surface area contributed by atoms with Gasteiger partial charge in [-0.2, -0.15) is 0 Å². The Kier molecular flexibility index (Phi) is 7.36.